The SMILES string of the molecule is COC(=O)c1c(NC(=S)NC[C@H]2CCCO2)sc2c1CCC2. The van der Waals surface area contributed by atoms with E-state index in [0.29, 0.717) is 17.2 Å². The van der Waals surface area contributed by atoms with E-state index >= 15 is 0 Å². The number of fused-ring (bicyclic) bond motifs is 1. The van der Waals surface area contributed by atoms with Gasteiger partial charge in [0.15, 0.2) is 5.11 Å². The number of thiocarbonyl (C=S) groups is 1. The van der Waals surface area contributed by atoms with Gasteiger partial charge in [0.1, 0.15) is 5.00 Å². The van der Waals surface area contributed by atoms with Crippen molar-refractivity contribution in [2.75, 3.05) is 25.6 Å². The van der Waals surface area contributed by atoms with Crippen LogP contribution in [0, 0.1) is 0 Å². The minimum absolute atomic E-state index is 0.230. The predicted molar refractivity (Wildman–Crippen MR) is 90.9 cm³/mol. The molecule has 1 aromatic rings. The van der Waals surface area contributed by atoms with Crippen molar-refractivity contribution in [2.24, 2.45) is 0 Å². The molecule has 0 spiro atoms. The summed E-state index contributed by atoms with van der Waals surface area (Å²) < 4.78 is 10.5. The first kappa shape index (κ1) is 15.7. The molecular formula is C15H20N2O3S2. The quantitative estimate of drug-likeness (QED) is 0.649. The molecule has 0 amide bonds. The number of carbonyl (C=O) groups excluding carboxylic acids is 1. The van der Waals surface area contributed by atoms with Crippen molar-refractivity contribution in [3.8, 4) is 0 Å². The Morgan fingerprint density at radius 2 is 2.32 bits per heavy atom. The first-order valence-electron chi connectivity index (χ1n) is 7.58. The molecule has 1 atom stereocenters. The van der Waals surface area contributed by atoms with Crippen molar-refractivity contribution < 1.29 is 14.3 Å². The molecule has 1 fully saturated rings. The first-order chi connectivity index (χ1) is 10.7. The van der Waals surface area contributed by atoms with Gasteiger partial charge in [-0.05, 0) is 49.9 Å². The van der Waals surface area contributed by atoms with Gasteiger partial charge in [0, 0.05) is 18.0 Å². The van der Waals surface area contributed by atoms with Gasteiger partial charge in [-0.15, -0.1) is 11.3 Å². The van der Waals surface area contributed by atoms with Crippen molar-refractivity contribution in [2.45, 2.75) is 38.2 Å². The van der Waals surface area contributed by atoms with Crippen LogP contribution in [0.3, 0.4) is 0 Å². The Morgan fingerprint density at radius 3 is 3.05 bits per heavy atom. The van der Waals surface area contributed by atoms with Crippen LogP contribution in [-0.2, 0) is 22.3 Å². The highest BCUT2D eigenvalue weighted by atomic mass is 32.1. The number of esters is 1. The Balaban J connectivity index is 1.66. The third-order valence-electron chi connectivity index (χ3n) is 4.05. The maximum Gasteiger partial charge on any atom is 0.341 e. The van der Waals surface area contributed by atoms with Gasteiger partial charge >= 0.3 is 5.97 Å². The molecule has 2 N–H and O–H groups in total. The summed E-state index contributed by atoms with van der Waals surface area (Å²) in [5.41, 5.74) is 1.78. The van der Waals surface area contributed by atoms with Gasteiger partial charge in [-0.1, -0.05) is 0 Å². The van der Waals surface area contributed by atoms with Crippen molar-refractivity contribution in [3.05, 3.63) is 16.0 Å². The minimum Gasteiger partial charge on any atom is -0.465 e. The molecular weight excluding hydrogens is 320 g/mol. The summed E-state index contributed by atoms with van der Waals surface area (Å²) in [6, 6.07) is 0. The smallest absolute Gasteiger partial charge is 0.341 e. The van der Waals surface area contributed by atoms with E-state index in [4.69, 9.17) is 21.7 Å². The maximum atomic E-state index is 12.1. The lowest BCUT2D eigenvalue weighted by Crippen LogP contribution is -2.35. The van der Waals surface area contributed by atoms with E-state index in [2.05, 4.69) is 10.6 Å². The largest absolute Gasteiger partial charge is 0.465 e. The summed E-state index contributed by atoms with van der Waals surface area (Å²) in [7, 11) is 1.42. The van der Waals surface area contributed by atoms with Crippen LogP contribution < -0.4 is 10.6 Å². The van der Waals surface area contributed by atoms with Crippen LogP contribution in [0.4, 0.5) is 5.00 Å². The van der Waals surface area contributed by atoms with Gasteiger partial charge in [0.2, 0.25) is 0 Å². The molecule has 0 unspecified atom stereocenters. The Bertz CT molecular complexity index is 580. The van der Waals surface area contributed by atoms with Gasteiger partial charge in [0.25, 0.3) is 0 Å². The second-order valence-electron chi connectivity index (χ2n) is 5.52. The van der Waals surface area contributed by atoms with Crippen molar-refractivity contribution in [1.82, 2.24) is 5.32 Å². The molecule has 0 bridgehead atoms. The zero-order valence-corrected chi connectivity index (χ0v) is 14.2. The molecule has 5 nitrogen and oxygen atoms in total. The summed E-state index contributed by atoms with van der Waals surface area (Å²) in [4.78, 5) is 13.3. The second-order valence-corrected chi connectivity index (χ2v) is 7.04. The number of anilines is 1. The molecule has 1 saturated heterocycles. The predicted octanol–water partition coefficient (Wildman–Crippen LogP) is 2.49. The summed E-state index contributed by atoms with van der Waals surface area (Å²) in [6.07, 6.45) is 5.48. The minimum atomic E-state index is -0.288. The molecule has 120 valence electrons. The van der Waals surface area contributed by atoms with Crippen molar-refractivity contribution in [1.29, 1.82) is 0 Å². The maximum absolute atomic E-state index is 12.1. The van der Waals surface area contributed by atoms with E-state index < -0.39 is 0 Å². The topological polar surface area (TPSA) is 59.6 Å². The second kappa shape index (κ2) is 6.93. The fourth-order valence-electron chi connectivity index (χ4n) is 2.97. The van der Waals surface area contributed by atoms with Crippen LogP contribution in [0.25, 0.3) is 0 Å². The van der Waals surface area contributed by atoms with Crippen LogP contribution in [0.5, 0.6) is 0 Å². The summed E-state index contributed by atoms with van der Waals surface area (Å²) in [5, 5.41) is 7.65. The average molecular weight is 340 g/mol. The fourth-order valence-corrected chi connectivity index (χ4v) is 4.50. The van der Waals surface area contributed by atoms with Gasteiger partial charge in [-0.3, -0.25) is 0 Å². The van der Waals surface area contributed by atoms with Crippen LogP contribution in [0.15, 0.2) is 0 Å². The van der Waals surface area contributed by atoms with Gasteiger partial charge < -0.3 is 20.1 Å². The Hall–Kier alpha value is -1.18. The number of carbonyl (C=O) groups is 1. The standard InChI is InChI=1S/C15H20N2O3S2/c1-19-14(18)12-10-5-2-6-11(10)22-13(12)17-15(21)16-8-9-4-3-7-20-9/h9H,2-8H2,1H3,(H2,16,17,21)/t9-/m1/s1. The monoisotopic (exact) mass is 340 g/mol. The normalized spacial score (nSPS) is 19.8. The van der Waals surface area contributed by atoms with E-state index in [1.165, 1.54) is 12.0 Å². The highest BCUT2D eigenvalue weighted by molar-refractivity contribution is 7.80. The van der Waals surface area contributed by atoms with Crippen LogP contribution in [0.1, 0.15) is 40.1 Å². The van der Waals surface area contributed by atoms with Gasteiger partial charge in [0.05, 0.1) is 18.8 Å². The van der Waals surface area contributed by atoms with Gasteiger partial charge in [-0.2, -0.15) is 0 Å². The number of thiophene rings is 1. The third kappa shape index (κ3) is 3.26. The van der Waals surface area contributed by atoms with E-state index in [1.54, 1.807) is 11.3 Å². The molecule has 0 radical (unpaired) electrons. The molecule has 1 aliphatic heterocycles. The lowest BCUT2D eigenvalue weighted by molar-refractivity contribution is 0.0601. The molecule has 0 aromatic carbocycles. The molecule has 1 aliphatic carbocycles. The van der Waals surface area contributed by atoms with Crippen molar-refractivity contribution in [3.63, 3.8) is 0 Å². The van der Waals surface area contributed by atoms with E-state index in [1.807, 2.05) is 0 Å². The molecule has 7 heteroatoms. The first-order valence-corrected chi connectivity index (χ1v) is 8.81. The van der Waals surface area contributed by atoms with Crippen LogP contribution in [-0.4, -0.2) is 37.4 Å². The zero-order valence-electron chi connectivity index (χ0n) is 12.6. The Morgan fingerprint density at radius 1 is 1.45 bits per heavy atom. The highest BCUT2D eigenvalue weighted by Crippen LogP contribution is 2.39. The Labute approximate surface area is 139 Å². The van der Waals surface area contributed by atoms with E-state index in [0.717, 1.165) is 49.3 Å². The lowest BCUT2D eigenvalue weighted by atomic mass is 10.1. The number of ether oxygens (including phenoxy) is 2. The molecule has 22 heavy (non-hydrogen) atoms. The van der Waals surface area contributed by atoms with E-state index in [9.17, 15) is 4.79 Å². The van der Waals surface area contributed by atoms with Gasteiger partial charge in [-0.25, -0.2) is 4.79 Å². The number of aryl methyl sites for hydroxylation is 1. The summed E-state index contributed by atoms with van der Waals surface area (Å²) >= 11 is 6.94. The van der Waals surface area contributed by atoms with E-state index in [-0.39, 0.29) is 12.1 Å². The average Bonchev–Trinajstić information content (AvgIpc) is 3.21. The Kier molecular flexibility index (Phi) is 4.95. The molecule has 3 rings (SSSR count). The van der Waals surface area contributed by atoms with Crippen LogP contribution in [0.2, 0.25) is 0 Å². The molecule has 2 heterocycles. The summed E-state index contributed by atoms with van der Waals surface area (Å²) in [5.74, 6) is -0.288. The summed E-state index contributed by atoms with van der Waals surface area (Å²) in [6.45, 7) is 1.53. The highest BCUT2D eigenvalue weighted by Gasteiger charge is 2.27. The fraction of sp³-hybridized carbons (Fsp3) is 0.600. The molecule has 1 aromatic heterocycles. The number of methoxy groups -OCH3 is 1. The third-order valence-corrected chi connectivity index (χ3v) is 5.51. The number of rotatable bonds is 4. The van der Waals surface area contributed by atoms with Crippen LogP contribution >= 0.6 is 23.6 Å². The number of hydrogen-bond acceptors (Lipinski definition) is 5. The molecule has 0 saturated carbocycles. The molecule has 2 aliphatic rings. The van der Waals surface area contributed by atoms with Crippen molar-refractivity contribution >= 4 is 39.6 Å². The zero-order chi connectivity index (χ0) is 15.5. The lowest BCUT2D eigenvalue weighted by Gasteiger charge is -2.14. The number of nitrogens with one attached hydrogen (secondary N) is 2. The number of hydrogen-bond donors (Lipinski definition) is 2.